The number of hydrogen-bond acceptors (Lipinski definition) is 4. The fourth-order valence-corrected chi connectivity index (χ4v) is 3.17. The molecular weight excluding hydrogens is 442 g/mol. The number of hydrogen-bond donors (Lipinski definition) is 2. The highest BCUT2D eigenvalue weighted by atomic mass is 35.5. The van der Waals surface area contributed by atoms with E-state index >= 15 is 0 Å². The Morgan fingerprint density at radius 2 is 1.48 bits per heavy atom. The molecule has 0 amide bonds. The summed E-state index contributed by atoms with van der Waals surface area (Å²) in [5.74, 6) is -3.00. The predicted molar refractivity (Wildman–Crippen MR) is 102 cm³/mol. The van der Waals surface area contributed by atoms with E-state index in [0.717, 1.165) is 24.3 Å². The molecule has 0 spiro atoms. The zero-order valence-electron chi connectivity index (χ0n) is 14.9. The number of nitrogens with zero attached hydrogens (tertiary/aromatic N) is 1. The molecule has 4 nitrogen and oxygen atoms in total. The summed E-state index contributed by atoms with van der Waals surface area (Å²) >= 11 is 0. The van der Waals surface area contributed by atoms with Crippen molar-refractivity contribution in [3.8, 4) is 11.5 Å². The van der Waals surface area contributed by atoms with Gasteiger partial charge in [-0.15, -0.1) is 38.0 Å². The van der Waals surface area contributed by atoms with Crippen LogP contribution >= 0.6 is 24.8 Å². The Kier molecular flexibility index (Phi) is 8.95. The van der Waals surface area contributed by atoms with Gasteiger partial charge in [-0.2, -0.15) is 0 Å². The van der Waals surface area contributed by atoms with Crippen LogP contribution in [0.3, 0.4) is 0 Å². The van der Waals surface area contributed by atoms with Gasteiger partial charge in [-0.3, -0.25) is 4.90 Å². The highest BCUT2D eigenvalue weighted by Gasteiger charge is 2.32. The molecule has 0 bridgehead atoms. The van der Waals surface area contributed by atoms with Gasteiger partial charge in [0.25, 0.3) is 0 Å². The standard InChI is InChI=1S/C18H17F5N2O2.2ClH/c19-13-5-6-14(20)17(26)15(13)16(25-9-7-24-8-10-25)11-1-3-12(4-2-11)27-18(21,22)23;;/h1-6,16,24,26H,7-10H2;2*1H/t16-;;/m0../s1. The van der Waals surface area contributed by atoms with E-state index in [4.69, 9.17) is 0 Å². The van der Waals surface area contributed by atoms with E-state index < -0.39 is 35.5 Å². The number of aromatic hydroxyl groups is 1. The summed E-state index contributed by atoms with van der Waals surface area (Å²) in [4.78, 5) is 1.83. The lowest BCUT2D eigenvalue weighted by atomic mass is 9.94. The number of ether oxygens (including phenoxy) is 1. The molecular formula is C18H19Cl2F5N2O2. The van der Waals surface area contributed by atoms with Crippen LogP contribution in [0.2, 0.25) is 0 Å². The minimum absolute atomic E-state index is 0. The lowest BCUT2D eigenvalue weighted by molar-refractivity contribution is -0.274. The Balaban J connectivity index is 0.00000210. The molecule has 1 aliphatic rings. The molecule has 3 rings (SSSR count). The van der Waals surface area contributed by atoms with Crippen molar-refractivity contribution >= 4 is 24.8 Å². The molecule has 1 aliphatic heterocycles. The molecule has 29 heavy (non-hydrogen) atoms. The zero-order valence-corrected chi connectivity index (χ0v) is 16.5. The van der Waals surface area contributed by atoms with Crippen molar-refractivity contribution in [1.82, 2.24) is 10.2 Å². The summed E-state index contributed by atoms with van der Waals surface area (Å²) in [6.45, 7) is 2.18. The SMILES string of the molecule is Cl.Cl.Oc1c(F)ccc(F)c1[C@H](c1ccc(OC(F)(F)F)cc1)N1CCNCC1. The molecule has 11 heteroatoms. The van der Waals surface area contributed by atoms with Crippen molar-refractivity contribution in [2.24, 2.45) is 0 Å². The lowest BCUT2D eigenvalue weighted by Crippen LogP contribution is -2.45. The topological polar surface area (TPSA) is 44.7 Å². The van der Waals surface area contributed by atoms with Gasteiger partial charge in [-0.1, -0.05) is 12.1 Å². The highest BCUT2D eigenvalue weighted by Crippen LogP contribution is 2.38. The van der Waals surface area contributed by atoms with Gasteiger partial charge in [0.2, 0.25) is 0 Å². The number of alkyl halides is 3. The average Bonchev–Trinajstić information content (AvgIpc) is 2.62. The van der Waals surface area contributed by atoms with Crippen LogP contribution in [0.4, 0.5) is 22.0 Å². The van der Waals surface area contributed by atoms with Crippen molar-refractivity contribution in [1.29, 1.82) is 0 Å². The fraction of sp³-hybridized carbons (Fsp3) is 0.333. The molecule has 2 aromatic rings. The summed E-state index contributed by atoms with van der Waals surface area (Å²) in [7, 11) is 0. The summed E-state index contributed by atoms with van der Waals surface area (Å²) in [6.07, 6.45) is -4.83. The summed E-state index contributed by atoms with van der Waals surface area (Å²) < 4.78 is 69.2. The van der Waals surface area contributed by atoms with Gasteiger partial charge in [0.1, 0.15) is 11.6 Å². The number of rotatable bonds is 4. The van der Waals surface area contributed by atoms with Crippen LogP contribution in [0.25, 0.3) is 0 Å². The molecule has 0 radical (unpaired) electrons. The van der Waals surface area contributed by atoms with Gasteiger partial charge in [0.15, 0.2) is 11.6 Å². The average molecular weight is 461 g/mol. The maximum Gasteiger partial charge on any atom is 0.573 e. The quantitative estimate of drug-likeness (QED) is 0.663. The number of nitrogens with one attached hydrogen (secondary N) is 1. The predicted octanol–water partition coefficient (Wildman–Crippen LogP) is 4.41. The molecule has 1 heterocycles. The fourth-order valence-electron chi connectivity index (χ4n) is 3.17. The maximum absolute atomic E-state index is 14.5. The smallest absolute Gasteiger partial charge is 0.505 e. The number of phenols is 1. The minimum Gasteiger partial charge on any atom is -0.505 e. The maximum atomic E-state index is 14.5. The van der Waals surface area contributed by atoms with E-state index in [2.05, 4.69) is 10.1 Å². The Bertz CT molecular complexity index is 800. The van der Waals surface area contributed by atoms with Gasteiger partial charge < -0.3 is 15.2 Å². The van der Waals surface area contributed by atoms with Crippen LogP contribution < -0.4 is 10.1 Å². The summed E-state index contributed by atoms with van der Waals surface area (Å²) in [5.41, 5.74) is 0.160. The molecule has 0 aromatic heterocycles. The monoisotopic (exact) mass is 460 g/mol. The van der Waals surface area contributed by atoms with Crippen molar-refractivity contribution in [3.05, 3.63) is 59.2 Å². The third kappa shape index (κ3) is 6.08. The molecule has 162 valence electrons. The van der Waals surface area contributed by atoms with Crippen molar-refractivity contribution < 1.29 is 31.8 Å². The second-order valence-electron chi connectivity index (χ2n) is 6.10. The van der Waals surface area contributed by atoms with Crippen molar-refractivity contribution in [2.45, 2.75) is 12.4 Å². The van der Waals surface area contributed by atoms with Gasteiger partial charge in [-0.25, -0.2) is 8.78 Å². The van der Waals surface area contributed by atoms with Crippen molar-refractivity contribution in [2.75, 3.05) is 26.2 Å². The highest BCUT2D eigenvalue weighted by molar-refractivity contribution is 5.85. The van der Waals surface area contributed by atoms with E-state index in [1.165, 1.54) is 12.1 Å². The van der Waals surface area contributed by atoms with Crippen LogP contribution in [0.1, 0.15) is 17.2 Å². The first-order chi connectivity index (χ1) is 12.8. The Morgan fingerprint density at radius 3 is 2.03 bits per heavy atom. The largest absolute Gasteiger partial charge is 0.573 e. The first-order valence-electron chi connectivity index (χ1n) is 8.23. The number of halogens is 7. The Labute approximate surface area is 176 Å². The molecule has 0 unspecified atom stereocenters. The molecule has 1 saturated heterocycles. The van der Waals surface area contributed by atoms with E-state index in [0.29, 0.717) is 31.7 Å². The second kappa shape index (κ2) is 10.3. The number of phenolic OH excluding ortho intramolecular Hbond substituents is 1. The Hall–Kier alpha value is -1.81. The van der Waals surface area contributed by atoms with Crippen LogP contribution in [-0.2, 0) is 0 Å². The lowest BCUT2D eigenvalue weighted by Gasteiger charge is -2.36. The normalized spacial score (nSPS) is 15.8. The van der Waals surface area contributed by atoms with Gasteiger partial charge in [0.05, 0.1) is 11.6 Å². The molecule has 2 N–H and O–H groups in total. The van der Waals surface area contributed by atoms with Gasteiger partial charge in [-0.05, 0) is 29.8 Å². The summed E-state index contributed by atoms with van der Waals surface area (Å²) in [5, 5.41) is 13.2. The number of benzene rings is 2. The third-order valence-electron chi connectivity index (χ3n) is 4.33. The van der Waals surface area contributed by atoms with E-state index in [1.54, 1.807) is 0 Å². The molecule has 0 saturated carbocycles. The van der Waals surface area contributed by atoms with Gasteiger partial charge >= 0.3 is 6.36 Å². The van der Waals surface area contributed by atoms with E-state index in [9.17, 15) is 27.1 Å². The van der Waals surface area contributed by atoms with E-state index in [-0.39, 0.29) is 30.4 Å². The molecule has 1 atom stereocenters. The minimum atomic E-state index is -4.83. The van der Waals surface area contributed by atoms with Crippen molar-refractivity contribution in [3.63, 3.8) is 0 Å². The first-order valence-corrected chi connectivity index (χ1v) is 8.23. The number of piperazine rings is 1. The molecule has 2 aromatic carbocycles. The van der Waals surface area contributed by atoms with E-state index in [1.807, 2.05) is 4.90 Å². The van der Waals surface area contributed by atoms with Gasteiger partial charge in [0, 0.05) is 26.2 Å². The second-order valence-corrected chi connectivity index (χ2v) is 6.10. The van der Waals surface area contributed by atoms with Crippen LogP contribution in [-0.4, -0.2) is 42.5 Å². The molecule has 0 aliphatic carbocycles. The zero-order chi connectivity index (χ0) is 19.6. The van der Waals surface area contributed by atoms with Crippen LogP contribution in [0.5, 0.6) is 11.5 Å². The molecule has 1 fully saturated rings. The van der Waals surface area contributed by atoms with Crippen LogP contribution in [0, 0.1) is 11.6 Å². The third-order valence-corrected chi connectivity index (χ3v) is 4.33. The summed E-state index contributed by atoms with van der Waals surface area (Å²) in [6, 6.07) is 5.78. The Morgan fingerprint density at radius 1 is 0.931 bits per heavy atom. The van der Waals surface area contributed by atoms with Crippen LogP contribution in [0.15, 0.2) is 36.4 Å². The first kappa shape index (κ1) is 25.2.